The molecule has 0 aromatic carbocycles. The summed E-state index contributed by atoms with van der Waals surface area (Å²) >= 11 is 1.03. The van der Waals surface area contributed by atoms with Crippen molar-refractivity contribution in [2.24, 2.45) is 0 Å². The molecule has 2 aromatic rings. The molecule has 0 bridgehead atoms. The van der Waals surface area contributed by atoms with E-state index in [0.29, 0.717) is 40.4 Å². The van der Waals surface area contributed by atoms with Gasteiger partial charge >= 0.3 is 5.97 Å². The van der Waals surface area contributed by atoms with Crippen LogP contribution in [-0.4, -0.2) is 27.8 Å². The number of nitrogens with one attached hydrogen (secondary N) is 1. The number of aryl methyl sites for hydroxylation is 2. The fourth-order valence-electron chi connectivity index (χ4n) is 2.99. The van der Waals surface area contributed by atoms with Crippen molar-refractivity contribution in [3.05, 3.63) is 38.2 Å². The number of Topliss-reactive ketones (excluding diaryl/α,β-unsaturated/α-hetero) is 1. The van der Waals surface area contributed by atoms with Crippen molar-refractivity contribution in [3.63, 3.8) is 0 Å². The summed E-state index contributed by atoms with van der Waals surface area (Å²) in [5, 5.41) is 12.4. The molecule has 25 heavy (non-hydrogen) atoms. The first-order valence-corrected chi connectivity index (χ1v) is 8.78. The fourth-order valence-corrected chi connectivity index (χ4v) is 3.90. The Morgan fingerprint density at radius 3 is 2.64 bits per heavy atom. The third-order valence-corrected chi connectivity index (χ3v) is 5.57. The van der Waals surface area contributed by atoms with Crippen LogP contribution in [0.1, 0.15) is 78.4 Å². The molecule has 0 saturated heterocycles. The van der Waals surface area contributed by atoms with Crippen LogP contribution in [0.15, 0.2) is 4.42 Å². The van der Waals surface area contributed by atoms with E-state index in [1.807, 2.05) is 0 Å². The zero-order valence-corrected chi connectivity index (χ0v) is 15.0. The minimum absolute atomic E-state index is 0.0104. The summed E-state index contributed by atoms with van der Waals surface area (Å²) in [5.74, 6) is -0.746. The quantitative estimate of drug-likeness (QED) is 0.865. The molecule has 1 unspecified atom stereocenters. The highest BCUT2D eigenvalue weighted by atomic mass is 32.1. The maximum atomic E-state index is 12.5. The first-order chi connectivity index (χ1) is 11.8. The maximum Gasteiger partial charge on any atom is 0.347 e. The van der Waals surface area contributed by atoms with Gasteiger partial charge in [-0.15, -0.1) is 11.3 Å². The number of thiazole rings is 1. The van der Waals surface area contributed by atoms with Gasteiger partial charge in [0.1, 0.15) is 15.6 Å². The van der Waals surface area contributed by atoms with Crippen LogP contribution in [0, 0.1) is 13.8 Å². The van der Waals surface area contributed by atoms with Crippen molar-refractivity contribution in [1.82, 2.24) is 10.3 Å². The van der Waals surface area contributed by atoms with E-state index in [-0.39, 0.29) is 16.4 Å². The number of aromatic nitrogens is 1. The van der Waals surface area contributed by atoms with E-state index in [4.69, 9.17) is 9.52 Å². The third-order valence-electron chi connectivity index (χ3n) is 4.24. The first-order valence-electron chi connectivity index (χ1n) is 7.96. The number of hydrogen-bond acceptors (Lipinski definition) is 6. The lowest BCUT2D eigenvalue weighted by atomic mass is 9.94. The smallest absolute Gasteiger partial charge is 0.347 e. The number of aromatic carboxylic acids is 1. The van der Waals surface area contributed by atoms with Crippen LogP contribution < -0.4 is 5.32 Å². The predicted molar refractivity (Wildman–Crippen MR) is 90.4 cm³/mol. The molecule has 2 aromatic heterocycles. The number of carboxylic acids is 1. The van der Waals surface area contributed by atoms with E-state index < -0.39 is 17.9 Å². The Morgan fingerprint density at radius 1 is 1.32 bits per heavy atom. The lowest BCUT2D eigenvalue weighted by Crippen LogP contribution is -2.26. The molecule has 2 heterocycles. The van der Waals surface area contributed by atoms with Crippen molar-refractivity contribution >= 4 is 29.0 Å². The Balaban J connectivity index is 1.82. The molecule has 0 fully saturated rings. The van der Waals surface area contributed by atoms with Gasteiger partial charge in [0.05, 0.1) is 17.3 Å². The van der Waals surface area contributed by atoms with E-state index >= 15 is 0 Å². The lowest BCUT2D eigenvalue weighted by Gasteiger charge is -2.10. The van der Waals surface area contributed by atoms with Crippen LogP contribution in [0.2, 0.25) is 0 Å². The molecular weight excluding hydrogens is 344 g/mol. The zero-order valence-electron chi connectivity index (χ0n) is 14.1. The SMILES string of the molecule is Cc1nc(C(C)NC(=O)c2oc3c(c2C)C(=O)CCC3)sc1C(=O)O. The number of rotatable bonds is 4. The van der Waals surface area contributed by atoms with Crippen LogP contribution in [-0.2, 0) is 6.42 Å². The van der Waals surface area contributed by atoms with Crippen LogP contribution in [0.4, 0.5) is 0 Å². The fraction of sp³-hybridized carbons (Fsp3) is 0.412. The van der Waals surface area contributed by atoms with Gasteiger partial charge in [-0.3, -0.25) is 9.59 Å². The highest BCUT2D eigenvalue weighted by Crippen LogP contribution is 2.30. The average molecular weight is 362 g/mol. The van der Waals surface area contributed by atoms with Gasteiger partial charge in [-0.25, -0.2) is 9.78 Å². The molecule has 1 aliphatic carbocycles. The monoisotopic (exact) mass is 362 g/mol. The number of carbonyl (C=O) groups is 3. The Bertz CT molecular complexity index is 880. The molecule has 0 spiro atoms. The van der Waals surface area contributed by atoms with E-state index in [1.54, 1.807) is 20.8 Å². The second-order valence-corrected chi connectivity index (χ2v) is 7.13. The molecule has 0 aliphatic heterocycles. The van der Waals surface area contributed by atoms with E-state index in [1.165, 1.54) is 0 Å². The van der Waals surface area contributed by atoms with Gasteiger partial charge in [-0.1, -0.05) is 0 Å². The van der Waals surface area contributed by atoms with E-state index in [2.05, 4.69) is 10.3 Å². The van der Waals surface area contributed by atoms with Crippen LogP contribution in [0.3, 0.4) is 0 Å². The number of hydrogen-bond donors (Lipinski definition) is 2. The molecule has 7 nitrogen and oxygen atoms in total. The molecular formula is C17H18N2O5S. The average Bonchev–Trinajstić information content (AvgIpc) is 3.09. The Kier molecular flexibility index (Phi) is 4.47. The van der Waals surface area contributed by atoms with Gasteiger partial charge in [0.25, 0.3) is 5.91 Å². The van der Waals surface area contributed by atoms with Gasteiger partial charge in [-0.2, -0.15) is 0 Å². The number of amides is 1. The van der Waals surface area contributed by atoms with Crippen molar-refractivity contribution in [3.8, 4) is 0 Å². The first kappa shape index (κ1) is 17.3. The Hall–Kier alpha value is -2.48. The number of carbonyl (C=O) groups excluding carboxylic acids is 2. The molecule has 1 aliphatic rings. The molecule has 1 atom stereocenters. The summed E-state index contributed by atoms with van der Waals surface area (Å²) in [6.45, 7) is 5.06. The van der Waals surface area contributed by atoms with Gasteiger partial charge in [-0.05, 0) is 27.2 Å². The van der Waals surface area contributed by atoms with Gasteiger partial charge in [0.2, 0.25) is 0 Å². The molecule has 0 saturated carbocycles. The molecule has 0 radical (unpaired) electrons. The van der Waals surface area contributed by atoms with Crippen LogP contribution >= 0.6 is 11.3 Å². The summed E-state index contributed by atoms with van der Waals surface area (Å²) < 4.78 is 5.63. The largest absolute Gasteiger partial charge is 0.477 e. The molecule has 132 valence electrons. The number of fused-ring (bicyclic) bond motifs is 1. The summed E-state index contributed by atoms with van der Waals surface area (Å²) in [5.41, 5.74) is 1.51. The zero-order chi connectivity index (χ0) is 18.3. The summed E-state index contributed by atoms with van der Waals surface area (Å²) in [4.78, 5) is 40.1. The molecule has 3 rings (SSSR count). The van der Waals surface area contributed by atoms with Gasteiger partial charge in [0, 0.05) is 18.4 Å². The van der Waals surface area contributed by atoms with Gasteiger partial charge < -0.3 is 14.8 Å². The molecule has 2 N–H and O–H groups in total. The molecule has 1 amide bonds. The lowest BCUT2D eigenvalue weighted by molar-refractivity contribution is 0.0700. The standard InChI is InChI=1S/C17H18N2O5S/c1-7-12-10(20)5-4-6-11(12)24-13(7)15(21)18-9(3)16-19-8(2)14(25-16)17(22)23/h9H,4-6H2,1-3H3,(H,18,21)(H,22,23). The van der Waals surface area contributed by atoms with Crippen LogP contribution in [0.5, 0.6) is 0 Å². The Morgan fingerprint density at radius 2 is 2.04 bits per heavy atom. The van der Waals surface area contributed by atoms with Gasteiger partial charge in [0.15, 0.2) is 11.5 Å². The highest BCUT2D eigenvalue weighted by Gasteiger charge is 2.29. The van der Waals surface area contributed by atoms with Crippen molar-refractivity contribution in [2.45, 2.75) is 46.1 Å². The second-order valence-electron chi connectivity index (χ2n) is 6.10. The highest BCUT2D eigenvalue weighted by molar-refractivity contribution is 7.13. The topological polar surface area (TPSA) is 110 Å². The third kappa shape index (κ3) is 3.09. The minimum Gasteiger partial charge on any atom is -0.477 e. The maximum absolute atomic E-state index is 12.5. The number of furan rings is 1. The summed E-state index contributed by atoms with van der Waals surface area (Å²) in [7, 11) is 0. The summed E-state index contributed by atoms with van der Waals surface area (Å²) in [6.07, 6.45) is 1.85. The van der Waals surface area contributed by atoms with Crippen molar-refractivity contribution in [1.29, 1.82) is 0 Å². The normalized spacial score (nSPS) is 14.9. The van der Waals surface area contributed by atoms with Crippen LogP contribution in [0.25, 0.3) is 0 Å². The second kappa shape index (κ2) is 6.44. The van der Waals surface area contributed by atoms with Crippen molar-refractivity contribution < 1.29 is 23.9 Å². The van der Waals surface area contributed by atoms with E-state index in [9.17, 15) is 14.4 Å². The minimum atomic E-state index is -1.03. The number of carboxylic acid groups (broad SMARTS) is 1. The molecule has 8 heteroatoms. The van der Waals surface area contributed by atoms with E-state index in [0.717, 1.165) is 17.8 Å². The number of ketones is 1. The number of nitrogens with zero attached hydrogens (tertiary/aromatic N) is 1. The Labute approximate surface area is 148 Å². The van der Waals surface area contributed by atoms with Crippen molar-refractivity contribution in [2.75, 3.05) is 0 Å². The summed E-state index contributed by atoms with van der Waals surface area (Å²) in [6, 6.07) is -0.471. The predicted octanol–water partition coefficient (Wildman–Crippen LogP) is 3.06.